The van der Waals surface area contributed by atoms with Gasteiger partial charge in [0.15, 0.2) is 0 Å². The molecule has 1 aromatic heterocycles. The molecule has 2 atom stereocenters. The molecule has 3 nitrogen and oxygen atoms in total. The average Bonchev–Trinajstić information content (AvgIpc) is 2.86. The second-order valence-electron chi connectivity index (χ2n) is 4.56. The van der Waals surface area contributed by atoms with Crippen molar-refractivity contribution in [2.45, 2.75) is 32.4 Å². The van der Waals surface area contributed by atoms with Crippen LogP contribution < -0.4 is 5.73 Å². The quantitative estimate of drug-likeness (QED) is 0.893. The first-order valence-corrected chi connectivity index (χ1v) is 7.20. The van der Waals surface area contributed by atoms with Gasteiger partial charge in [-0.1, -0.05) is 6.92 Å². The SMILES string of the molecule is CCc1ccc(C(C)N2CCOC(CN)C2)s1. The molecule has 1 aliphatic heterocycles. The third kappa shape index (κ3) is 3.07. The van der Waals surface area contributed by atoms with Crippen LogP contribution in [0.15, 0.2) is 12.1 Å². The second-order valence-corrected chi connectivity index (χ2v) is 5.76. The van der Waals surface area contributed by atoms with E-state index in [0.29, 0.717) is 12.6 Å². The molecule has 0 aliphatic carbocycles. The molecule has 1 fully saturated rings. The number of morpholine rings is 1. The van der Waals surface area contributed by atoms with Crippen LogP contribution in [-0.2, 0) is 11.2 Å². The first-order chi connectivity index (χ1) is 8.24. The maximum atomic E-state index is 5.68. The van der Waals surface area contributed by atoms with Crippen LogP contribution in [-0.4, -0.2) is 37.2 Å². The molecule has 2 heterocycles. The van der Waals surface area contributed by atoms with Gasteiger partial charge in [-0.25, -0.2) is 0 Å². The Labute approximate surface area is 108 Å². The van der Waals surface area contributed by atoms with Gasteiger partial charge in [-0.05, 0) is 25.5 Å². The summed E-state index contributed by atoms with van der Waals surface area (Å²) in [7, 11) is 0. The average molecular weight is 254 g/mol. The summed E-state index contributed by atoms with van der Waals surface area (Å²) in [6.45, 7) is 7.88. The van der Waals surface area contributed by atoms with Gasteiger partial charge in [-0.3, -0.25) is 4.90 Å². The fourth-order valence-electron chi connectivity index (χ4n) is 2.23. The van der Waals surface area contributed by atoms with Crippen LogP contribution >= 0.6 is 11.3 Å². The van der Waals surface area contributed by atoms with Gasteiger partial charge < -0.3 is 10.5 Å². The highest BCUT2D eigenvalue weighted by molar-refractivity contribution is 7.12. The summed E-state index contributed by atoms with van der Waals surface area (Å²) in [6, 6.07) is 5.00. The standard InChI is InChI=1S/C13H22N2OS/c1-3-12-4-5-13(17-12)10(2)15-6-7-16-11(8-14)9-15/h4-5,10-11H,3,6-9,14H2,1-2H3. The zero-order chi connectivity index (χ0) is 12.3. The smallest absolute Gasteiger partial charge is 0.0824 e. The summed E-state index contributed by atoms with van der Waals surface area (Å²) in [6.07, 6.45) is 1.34. The normalized spacial score (nSPS) is 23.8. The molecule has 0 aromatic carbocycles. The second kappa shape index (κ2) is 5.96. The third-order valence-electron chi connectivity index (χ3n) is 3.42. The van der Waals surface area contributed by atoms with E-state index in [1.807, 2.05) is 11.3 Å². The maximum Gasteiger partial charge on any atom is 0.0824 e. The number of hydrogen-bond donors (Lipinski definition) is 1. The van der Waals surface area contributed by atoms with Crippen molar-refractivity contribution in [1.82, 2.24) is 4.90 Å². The number of nitrogens with zero attached hydrogens (tertiary/aromatic N) is 1. The molecule has 0 spiro atoms. The lowest BCUT2D eigenvalue weighted by molar-refractivity contribution is -0.0359. The molecule has 0 radical (unpaired) electrons. The predicted octanol–water partition coefficient (Wildman–Crippen LogP) is 2.03. The van der Waals surface area contributed by atoms with Gasteiger partial charge in [0, 0.05) is 35.4 Å². The molecule has 0 amide bonds. The highest BCUT2D eigenvalue weighted by Gasteiger charge is 2.24. The minimum absolute atomic E-state index is 0.205. The van der Waals surface area contributed by atoms with Crippen molar-refractivity contribution in [1.29, 1.82) is 0 Å². The summed E-state index contributed by atoms with van der Waals surface area (Å²) in [5, 5.41) is 0. The summed E-state index contributed by atoms with van der Waals surface area (Å²) in [5.74, 6) is 0. The largest absolute Gasteiger partial charge is 0.374 e. The van der Waals surface area contributed by atoms with E-state index in [1.54, 1.807) is 0 Å². The van der Waals surface area contributed by atoms with Crippen LogP contribution in [0, 0.1) is 0 Å². The van der Waals surface area contributed by atoms with E-state index in [4.69, 9.17) is 10.5 Å². The van der Waals surface area contributed by atoms with Gasteiger partial charge in [-0.2, -0.15) is 0 Å². The zero-order valence-electron chi connectivity index (χ0n) is 10.7. The Morgan fingerprint density at radius 1 is 1.59 bits per heavy atom. The van der Waals surface area contributed by atoms with Crippen LogP contribution in [0.2, 0.25) is 0 Å². The highest BCUT2D eigenvalue weighted by Crippen LogP contribution is 2.28. The van der Waals surface area contributed by atoms with Crippen molar-refractivity contribution >= 4 is 11.3 Å². The van der Waals surface area contributed by atoms with Crippen LogP contribution in [0.1, 0.15) is 29.6 Å². The molecular formula is C13H22N2OS. The summed E-state index contributed by atoms with van der Waals surface area (Å²) < 4.78 is 5.61. The molecule has 2 rings (SSSR count). The Balaban J connectivity index is 2.00. The molecule has 2 unspecified atom stereocenters. The van der Waals surface area contributed by atoms with Crippen LogP contribution in [0.25, 0.3) is 0 Å². The van der Waals surface area contributed by atoms with Crippen molar-refractivity contribution in [3.8, 4) is 0 Å². The number of hydrogen-bond acceptors (Lipinski definition) is 4. The molecule has 2 N–H and O–H groups in total. The Hall–Kier alpha value is -0.420. The van der Waals surface area contributed by atoms with Crippen molar-refractivity contribution in [2.75, 3.05) is 26.2 Å². The number of ether oxygens (including phenoxy) is 1. The fourth-order valence-corrected chi connectivity index (χ4v) is 3.26. The maximum absolute atomic E-state index is 5.68. The summed E-state index contributed by atoms with van der Waals surface area (Å²) >= 11 is 1.93. The van der Waals surface area contributed by atoms with E-state index in [-0.39, 0.29) is 6.10 Å². The lowest BCUT2D eigenvalue weighted by Gasteiger charge is -2.36. The number of rotatable bonds is 4. The molecule has 0 saturated carbocycles. The van der Waals surface area contributed by atoms with Gasteiger partial charge >= 0.3 is 0 Å². The molecule has 0 bridgehead atoms. The number of aryl methyl sites for hydroxylation is 1. The minimum Gasteiger partial charge on any atom is -0.374 e. The Kier molecular flexibility index (Phi) is 4.56. The molecule has 4 heteroatoms. The predicted molar refractivity (Wildman–Crippen MR) is 72.5 cm³/mol. The number of thiophene rings is 1. The van der Waals surface area contributed by atoms with Crippen LogP contribution in [0.3, 0.4) is 0 Å². The van der Waals surface area contributed by atoms with Crippen LogP contribution in [0.4, 0.5) is 0 Å². The Morgan fingerprint density at radius 2 is 2.41 bits per heavy atom. The first kappa shape index (κ1) is 13.0. The molecular weight excluding hydrogens is 232 g/mol. The molecule has 1 aromatic rings. The van der Waals surface area contributed by atoms with Crippen molar-refractivity contribution in [3.05, 3.63) is 21.9 Å². The Morgan fingerprint density at radius 3 is 3.06 bits per heavy atom. The molecule has 17 heavy (non-hydrogen) atoms. The monoisotopic (exact) mass is 254 g/mol. The van der Waals surface area contributed by atoms with Gasteiger partial charge in [-0.15, -0.1) is 11.3 Å². The van der Waals surface area contributed by atoms with E-state index < -0.39 is 0 Å². The van der Waals surface area contributed by atoms with Gasteiger partial charge in [0.1, 0.15) is 0 Å². The third-order valence-corrected chi connectivity index (χ3v) is 4.82. The van der Waals surface area contributed by atoms with Gasteiger partial charge in [0.2, 0.25) is 0 Å². The number of nitrogens with two attached hydrogens (primary N) is 1. The van der Waals surface area contributed by atoms with Gasteiger partial charge in [0.25, 0.3) is 0 Å². The van der Waals surface area contributed by atoms with Gasteiger partial charge in [0.05, 0.1) is 12.7 Å². The van der Waals surface area contributed by atoms with E-state index in [2.05, 4.69) is 30.9 Å². The van der Waals surface area contributed by atoms with E-state index in [1.165, 1.54) is 9.75 Å². The van der Waals surface area contributed by atoms with E-state index >= 15 is 0 Å². The molecule has 96 valence electrons. The highest BCUT2D eigenvalue weighted by atomic mass is 32.1. The summed E-state index contributed by atoms with van der Waals surface area (Å²) in [5.41, 5.74) is 5.68. The summed E-state index contributed by atoms with van der Waals surface area (Å²) in [4.78, 5) is 5.40. The molecule has 1 saturated heterocycles. The fraction of sp³-hybridized carbons (Fsp3) is 0.692. The van der Waals surface area contributed by atoms with Crippen LogP contribution in [0.5, 0.6) is 0 Å². The first-order valence-electron chi connectivity index (χ1n) is 6.39. The minimum atomic E-state index is 0.205. The van der Waals surface area contributed by atoms with E-state index in [9.17, 15) is 0 Å². The lowest BCUT2D eigenvalue weighted by atomic mass is 10.2. The zero-order valence-corrected chi connectivity index (χ0v) is 11.5. The van der Waals surface area contributed by atoms with E-state index in [0.717, 1.165) is 26.1 Å². The topological polar surface area (TPSA) is 38.5 Å². The van der Waals surface area contributed by atoms with Crippen molar-refractivity contribution in [3.63, 3.8) is 0 Å². The Bertz CT molecular complexity index is 353. The van der Waals surface area contributed by atoms with Crippen molar-refractivity contribution < 1.29 is 4.74 Å². The lowest BCUT2D eigenvalue weighted by Crippen LogP contribution is -2.46. The molecule has 1 aliphatic rings. The van der Waals surface area contributed by atoms with Crippen molar-refractivity contribution in [2.24, 2.45) is 5.73 Å².